The van der Waals surface area contributed by atoms with E-state index in [2.05, 4.69) is 36.4 Å². The molecule has 0 unspecified atom stereocenters. The fourth-order valence-corrected chi connectivity index (χ4v) is 5.51. The van der Waals surface area contributed by atoms with E-state index in [9.17, 15) is 4.79 Å². The number of primary amides is 1. The van der Waals surface area contributed by atoms with Gasteiger partial charge < -0.3 is 11.2 Å². The molecular weight excluding hydrogens is 516 g/mol. The average Bonchev–Trinajstić information content (AvgIpc) is 2.98. The molecule has 0 bridgehead atoms. The Morgan fingerprint density at radius 1 is 0.571 bits per heavy atom. The summed E-state index contributed by atoms with van der Waals surface area (Å²) in [6, 6.07) is 0. The summed E-state index contributed by atoms with van der Waals surface area (Å²) in [7, 11) is 0. The number of carbonyl (C=O) groups excluding carboxylic acids is 1. The number of amides is 1. The van der Waals surface area contributed by atoms with Crippen molar-refractivity contribution in [1.82, 2.24) is 10.4 Å². The van der Waals surface area contributed by atoms with Gasteiger partial charge in [0.15, 0.2) is 0 Å². The third-order valence-corrected chi connectivity index (χ3v) is 8.26. The van der Waals surface area contributed by atoms with Crippen LogP contribution in [0.2, 0.25) is 0 Å². The first-order chi connectivity index (χ1) is 20.7. The molecule has 0 aliphatic rings. The normalized spacial score (nSPS) is 11.9. The van der Waals surface area contributed by atoms with E-state index in [0.29, 0.717) is 0 Å². The highest BCUT2D eigenvalue weighted by Crippen LogP contribution is 2.13. The standard InChI is InChI=1S/C37H74N4O/c1-3-5-7-9-11-13-15-17-19-20-21-23-25-27-29-31-33-39-36-40-41(35-37(38)42)34-32-30-28-26-24-22-18-16-14-12-10-8-6-4-2/h17,19,36H,3-16,18,20-35H2,1-2H3,(H2,38,42)(H,39,40)/b19-17-. The fourth-order valence-electron chi connectivity index (χ4n) is 5.51. The van der Waals surface area contributed by atoms with Crippen LogP contribution in [0.1, 0.15) is 194 Å². The van der Waals surface area contributed by atoms with E-state index in [1.165, 1.54) is 167 Å². The third-order valence-electron chi connectivity index (χ3n) is 8.26. The van der Waals surface area contributed by atoms with Gasteiger partial charge in [-0.25, -0.2) is 5.01 Å². The molecule has 0 aromatic carbocycles. The zero-order valence-corrected chi connectivity index (χ0v) is 28.5. The van der Waals surface area contributed by atoms with Gasteiger partial charge in [-0.05, 0) is 38.5 Å². The average molecular weight is 591 g/mol. The molecular formula is C37H74N4O. The van der Waals surface area contributed by atoms with Crippen LogP contribution in [0.4, 0.5) is 0 Å². The number of hydrogen-bond acceptors (Lipinski definition) is 3. The van der Waals surface area contributed by atoms with Crippen LogP contribution in [0.25, 0.3) is 0 Å². The van der Waals surface area contributed by atoms with E-state index in [0.717, 1.165) is 25.9 Å². The number of allylic oxidation sites excluding steroid dienone is 2. The molecule has 0 aromatic heterocycles. The lowest BCUT2D eigenvalue weighted by Gasteiger charge is -2.19. The Hall–Kier alpha value is -1.36. The van der Waals surface area contributed by atoms with Gasteiger partial charge in [0.1, 0.15) is 0 Å². The molecule has 0 aromatic rings. The van der Waals surface area contributed by atoms with Gasteiger partial charge in [-0.2, -0.15) is 0 Å². The second-order valence-corrected chi connectivity index (χ2v) is 12.6. The highest BCUT2D eigenvalue weighted by Gasteiger charge is 2.06. The number of nitrogens with one attached hydrogen (secondary N) is 1. The van der Waals surface area contributed by atoms with Crippen molar-refractivity contribution in [2.45, 2.75) is 194 Å². The van der Waals surface area contributed by atoms with E-state index in [4.69, 9.17) is 5.73 Å². The van der Waals surface area contributed by atoms with Crippen LogP contribution >= 0.6 is 0 Å². The monoisotopic (exact) mass is 591 g/mol. The van der Waals surface area contributed by atoms with Gasteiger partial charge in [0.2, 0.25) is 5.91 Å². The van der Waals surface area contributed by atoms with Crippen molar-refractivity contribution in [2.75, 3.05) is 19.6 Å². The topological polar surface area (TPSA) is 70.7 Å². The van der Waals surface area contributed by atoms with Crippen molar-refractivity contribution in [3.05, 3.63) is 12.2 Å². The number of carbonyl (C=O) groups is 1. The summed E-state index contributed by atoms with van der Waals surface area (Å²) < 4.78 is 0. The molecule has 0 atom stereocenters. The second kappa shape index (κ2) is 35.8. The van der Waals surface area contributed by atoms with Crippen LogP contribution in [-0.4, -0.2) is 36.9 Å². The summed E-state index contributed by atoms with van der Waals surface area (Å²) in [5.41, 5.74) is 8.64. The smallest absolute Gasteiger partial charge is 0.233 e. The minimum absolute atomic E-state index is 0.235. The molecule has 0 rings (SSSR count). The van der Waals surface area contributed by atoms with Crippen molar-refractivity contribution >= 4 is 12.2 Å². The molecule has 248 valence electrons. The maximum absolute atomic E-state index is 11.5. The molecule has 1 amide bonds. The number of rotatable bonds is 35. The minimum Gasteiger partial charge on any atom is -0.368 e. The number of aliphatic imine (C=N–C) groups is 1. The summed E-state index contributed by atoms with van der Waals surface area (Å²) in [5.74, 6) is -0.297. The van der Waals surface area contributed by atoms with Crippen LogP contribution in [0.5, 0.6) is 0 Å². The van der Waals surface area contributed by atoms with Gasteiger partial charge in [0, 0.05) is 13.1 Å². The van der Waals surface area contributed by atoms with E-state index in [1.807, 2.05) is 5.01 Å². The Balaban J connectivity index is 3.57. The summed E-state index contributed by atoms with van der Waals surface area (Å²) in [4.78, 5) is 16.0. The summed E-state index contributed by atoms with van der Waals surface area (Å²) in [6.07, 6.45) is 44.0. The second-order valence-electron chi connectivity index (χ2n) is 12.6. The van der Waals surface area contributed by atoms with Crippen LogP contribution in [0.15, 0.2) is 17.1 Å². The third kappa shape index (κ3) is 34.8. The molecule has 0 saturated carbocycles. The molecule has 0 heterocycles. The number of nitrogens with zero attached hydrogens (tertiary/aromatic N) is 2. The lowest BCUT2D eigenvalue weighted by molar-refractivity contribution is -0.119. The quantitative estimate of drug-likeness (QED) is 0.0253. The molecule has 0 radical (unpaired) electrons. The first-order valence-electron chi connectivity index (χ1n) is 18.6. The van der Waals surface area contributed by atoms with Crippen molar-refractivity contribution in [2.24, 2.45) is 10.7 Å². The van der Waals surface area contributed by atoms with Crippen LogP contribution in [0, 0.1) is 0 Å². The zero-order valence-electron chi connectivity index (χ0n) is 28.5. The van der Waals surface area contributed by atoms with Crippen molar-refractivity contribution < 1.29 is 4.79 Å². The van der Waals surface area contributed by atoms with E-state index < -0.39 is 0 Å². The molecule has 42 heavy (non-hydrogen) atoms. The fraction of sp³-hybridized carbons (Fsp3) is 0.892. The summed E-state index contributed by atoms with van der Waals surface area (Å²) >= 11 is 0. The minimum atomic E-state index is -0.297. The maximum atomic E-state index is 11.5. The number of nitrogens with two attached hydrogens (primary N) is 1. The maximum Gasteiger partial charge on any atom is 0.233 e. The summed E-state index contributed by atoms with van der Waals surface area (Å²) in [5, 5.41) is 1.91. The van der Waals surface area contributed by atoms with Gasteiger partial charge >= 0.3 is 0 Å². The number of unbranched alkanes of at least 4 members (excludes halogenated alkanes) is 25. The van der Waals surface area contributed by atoms with Gasteiger partial charge in [-0.3, -0.25) is 9.79 Å². The predicted octanol–water partition coefficient (Wildman–Crippen LogP) is 10.8. The largest absolute Gasteiger partial charge is 0.368 e. The van der Waals surface area contributed by atoms with Gasteiger partial charge in [0.25, 0.3) is 0 Å². The molecule has 0 aliphatic heterocycles. The first-order valence-corrected chi connectivity index (χ1v) is 18.6. The van der Waals surface area contributed by atoms with Gasteiger partial charge in [0.05, 0.1) is 12.9 Å². The lowest BCUT2D eigenvalue weighted by atomic mass is 10.0. The van der Waals surface area contributed by atoms with E-state index in [-0.39, 0.29) is 12.5 Å². The Labute approximate surface area is 263 Å². The Bertz CT molecular complexity index is 592. The van der Waals surface area contributed by atoms with Crippen LogP contribution in [0.3, 0.4) is 0 Å². The Kier molecular flexibility index (Phi) is 34.7. The molecule has 0 aliphatic carbocycles. The molecule has 3 N–H and O–H groups in total. The SMILES string of the molecule is CCCCCCCC/C=C\CCCCCCCCN=CNN(CCCCCCCCCCCCCCCC)CC(N)=O. The Morgan fingerprint density at radius 2 is 0.952 bits per heavy atom. The van der Waals surface area contributed by atoms with Gasteiger partial charge in [-0.15, -0.1) is 0 Å². The predicted molar refractivity (Wildman–Crippen MR) is 187 cm³/mol. The number of hydrazine groups is 1. The van der Waals surface area contributed by atoms with Crippen LogP contribution < -0.4 is 11.2 Å². The Morgan fingerprint density at radius 3 is 1.38 bits per heavy atom. The van der Waals surface area contributed by atoms with E-state index >= 15 is 0 Å². The van der Waals surface area contributed by atoms with E-state index in [1.54, 1.807) is 6.34 Å². The van der Waals surface area contributed by atoms with Gasteiger partial charge in [-0.1, -0.05) is 167 Å². The van der Waals surface area contributed by atoms with Crippen molar-refractivity contribution in [1.29, 1.82) is 0 Å². The molecule has 0 fully saturated rings. The van der Waals surface area contributed by atoms with Crippen molar-refractivity contribution in [3.63, 3.8) is 0 Å². The van der Waals surface area contributed by atoms with Crippen molar-refractivity contribution in [3.8, 4) is 0 Å². The molecule has 5 heteroatoms. The summed E-state index contributed by atoms with van der Waals surface area (Å²) in [6.45, 7) is 6.48. The van der Waals surface area contributed by atoms with Crippen LogP contribution in [-0.2, 0) is 4.79 Å². The lowest BCUT2D eigenvalue weighted by Crippen LogP contribution is -2.43. The highest BCUT2D eigenvalue weighted by atomic mass is 16.1. The zero-order chi connectivity index (χ0) is 30.6. The molecule has 0 saturated heterocycles. The first kappa shape index (κ1) is 40.6. The highest BCUT2D eigenvalue weighted by molar-refractivity contribution is 5.76. The molecule has 0 spiro atoms. The number of hydrogen-bond donors (Lipinski definition) is 2. The molecule has 5 nitrogen and oxygen atoms in total.